The molecule has 2 aliphatic rings. The average molecular weight is 466 g/mol. The second-order valence-electron chi connectivity index (χ2n) is 8.75. The molecule has 1 amide bonds. The number of anilines is 1. The summed E-state index contributed by atoms with van der Waals surface area (Å²) < 4.78 is 13.0. The zero-order valence-electron chi connectivity index (χ0n) is 19.3. The summed E-state index contributed by atoms with van der Waals surface area (Å²) in [4.78, 5) is 17.3. The average Bonchev–Trinajstić information content (AvgIpc) is 3.36. The van der Waals surface area contributed by atoms with Gasteiger partial charge in [0.1, 0.15) is 24.5 Å². The van der Waals surface area contributed by atoms with Crippen LogP contribution in [0.5, 0.6) is 5.75 Å². The quantitative estimate of drug-likeness (QED) is 0.533. The summed E-state index contributed by atoms with van der Waals surface area (Å²) in [5, 5.41) is 15.5. The first-order valence-electron chi connectivity index (χ1n) is 12.0. The third-order valence-corrected chi connectivity index (χ3v) is 6.48. The molecule has 0 aliphatic carbocycles. The van der Waals surface area contributed by atoms with Crippen LogP contribution in [0.15, 0.2) is 42.7 Å². The summed E-state index contributed by atoms with van der Waals surface area (Å²) in [5.41, 5.74) is 1.77. The highest BCUT2D eigenvalue weighted by molar-refractivity contribution is 5.79. The third-order valence-electron chi connectivity index (χ3n) is 6.48. The summed E-state index contributed by atoms with van der Waals surface area (Å²) in [6.07, 6.45) is 3.21. The van der Waals surface area contributed by atoms with E-state index in [2.05, 4.69) is 30.4 Å². The summed E-state index contributed by atoms with van der Waals surface area (Å²) in [7, 11) is 0. The van der Waals surface area contributed by atoms with E-state index in [4.69, 9.17) is 9.47 Å². The van der Waals surface area contributed by atoms with Gasteiger partial charge in [-0.25, -0.2) is 0 Å². The maximum absolute atomic E-state index is 12.8. The molecule has 34 heavy (non-hydrogen) atoms. The lowest BCUT2D eigenvalue weighted by atomic mass is 9.96. The van der Waals surface area contributed by atoms with Crippen LogP contribution in [0.1, 0.15) is 18.4 Å². The van der Waals surface area contributed by atoms with Crippen molar-refractivity contribution in [2.45, 2.75) is 19.4 Å². The standard InChI is InChI=1S/C24H31N7O3/c32-24(20-6-8-30(9-7-20)23-5-4-22-27-26-18-31(22)28-23)25-17-19-2-1-3-21(16-19)34-15-12-29-10-13-33-14-11-29/h1-5,16,18,20H,6-15,17H2,(H,25,32). The van der Waals surface area contributed by atoms with Crippen molar-refractivity contribution in [3.05, 3.63) is 48.3 Å². The van der Waals surface area contributed by atoms with Gasteiger partial charge >= 0.3 is 0 Å². The van der Waals surface area contributed by atoms with Crippen molar-refractivity contribution in [2.75, 3.05) is 57.4 Å². The van der Waals surface area contributed by atoms with E-state index in [0.717, 1.165) is 81.6 Å². The van der Waals surface area contributed by atoms with E-state index < -0.39 is 0 Å². The Kier molecular flexibility index (Phi) is 7.16. The predicted molar refractivity (Wildman–Crippen MR) is 127 cm³/mol. The van der Waals surface area contributed by atoms with E-state index in [1.165, 1.54) is 0 Å². The molecule has 0 radical (unpaired) electrons. The fourth-order valence-electron chi connectivity index (χ4n) is 4.45. The Labute approximate surface area is 198 Å². The number of morpholine rings is 1. The lowest BCUT2D eigenvalue weighted by molar-refractivity contribution is -0.125. The van der Waals surface area contributed by atoms with Gasteiger partial charge in [0.05, 0.1) is 13.2 Å². The van der Waals surface area contributed by atoms with Crippen molar-refractivity contribution in [3.63, 3.8) is 0 Å². The van der Waals surface area contributed by atoms with Gasteiger partial charge in [-0.05, 0) is 42.7 Å². The van der Waals surface area contributed by atoms with Crippen LogP contribution >= 0.6 is 0 Å². The first-order chi connectivity index (χ1) is 16.7. The maximum Gasteiger partial charge on any atom is 0.223 e. The predicted octanol–water partition coefficient (Wildman–Crippen LogP) is 1.37. The molecule has 0 saturated carbocycles. The van der Waals surface area contributed by atoms with E-state index in [1.54, 1.807) is 10.8 Å². The number of rotatable bonds is 8. The number of nitrogens with one attached hydrogen (secondary N) is 1. The van der Waals surface area contributed by atoms with E-state index >= 15 is 0 Å². The van der Waals surface area contributed by atoms with Crippen LogP contribution in [0.2, 0.25) is 0 Å². The van der Waals surface area contributed by atoms with Crippen molar-refractivity contribution in [2.24, 2.45) is 5.92 Å². The molecule has 5 rings (SSSR count). The van der Waals surface area contributed by atoms with Crippen molar-refractivity contribution in [1.29, 1.82) is 0 Å². The molecule has 0 unspecified atom stereocenters. The van der Waals surface area contributed by atoms with E-state index in [-0.39, 0.29) is 11.8 Å². The van der Waals surface area contributed by atoms with E-state index in [1.807, 2.05) is 36.4 Å². The highest BCUT2D eigenvalue weighted by Gasteiger charge is 2.25. The molecule has 4 heterocycles. The molecule has 10 nitrogen and oxygen atoms in total. The number of ether oxygens (including phenoxy) is 2. The molecule has 1 aromatic carbocycles. The second kappa shape index (κ2) is 10.8. The normalized spacial score (nSPS) is 17.7. The smallest absolute Gasteiger partial charge is 0.223 e. The Morgan fingerprint density at radius 1 is 1.12 bits per heavy atom. The van der Waals surface area contributed by atoms with Crippen LogP contribution in [0.25, 0.3) is 5.65 Å². The highest BCUT2D eigenvalue weighted by Crippen LogP contribution is 2.22. The van der Waals surface area contributed by atoms with Gasteiger partial charge in [0.2, 0.25) is 5.91 Å². The number of amides is 1. The Morgan fingerprint density at radius 3 is 2.82 bits per heavy atom. The van der Waals surface area contributed by atoms with Gasteiger partial charge in [-0.3, -0.25) is 9.69 Å². The molecule has 0 atom stereocenters. The number of hydrogen-bond acceptors (Lipinski definition) is 8. The number of carbonyl (C=O) groups is 1. The van der Waals surface area contributed by atoms with Crippen LogP contribution in [0.4, 0.5) is 5.82 Å². The Bertz CT molecular complexity index is 1090. The summed E-state index contributed by atoms with van der Waals surface area (Å²) in [6.45, 7) is 7.15. The minimum absolute atomic E-state index is 0.0165. The van der Waals surface area contributed by atoms with Crippen molar-refractivity contribution < 1.29 is 14.3 Å². The van der Waals surface area contributed by atoms with Gasteiger partial charge in [-0.1, -0.05) is 12.1 Å². The van der Waals surface area contributed by atoms with Gasteiger partial charge in [0, 0.05) is 45.2 Å². The number of benzene rings is 1. The molecular formula is C24H31N7O3. The van der Waals surface area contributed by atoms with Crippen LogP contribution in [0, 0.1) is 5.92 Å². The molecule has 3 aromatic rings. The second-order valence-corrected chi connectivity index (χ2v) is 8.75. The van der Waals surface area contributed by atoms with Crippen molar-refractivity contribution in [1.82, 2.24) is 30.0 Å². The number of hydrogen-bond donors (Lipinski definition) is 1. The lowest BCUT2D eigenvalue weighted by Gasteiger charge is -2.32. The molecule has 2 aromatic heterocycles. The molecule has 2 fully saturated rings. The van der Waals surface area contributed by atoms with E-state index in [9.17, 15) is 4.79 Å². The molecular weight excluding hydrogens is 434 g/mol. The number of nitrogens with zero attached hydrogens (tertiary/aromatic N) is 6. The van der Waals surface area contributed by atoms with Gasteiger partial charge < -0.3 is 19.7 Å². The summed E-state index contributed by atoms with van der Waals surface area (Å²) in [6, 6.07) is 11.8. The number of aromatic nitrogens is 4. The molecule has 0 spiro atoms. The van der Waals surface area contributed by atoms with Crippen molar-refractivity contribution >= 4 is 17.4 Å². The van der Waals surface area contributed by atoms with Gasteiger partial charge in [-0.15, -0.1) is 15.3 Å². The Hall–Kier alpha value is -3.24. The highest BCUT2D eigenvalue weighted by atomic mass is 16.5. The maximum atomic E-state index is 12.8. The van der Waals surface area contributed by atoms with Crippen molar-refractivity contribution in [3.8, 4) is 5.75 Å². The van der Waals surface area contributed by atoms with Gasteiger partial charge in [-0.2, -0.15) is 4.52 Å². The fraction of sp³-hybridized carbons (Fsp3) is 0.500. The number of fused-ring (bicyclic) bond motifs is 1. The number of piperidine rings is 1. The van der Waals surface area contributed by atoms with Crippen LogP contribution in [-0.4, -0.2) is 83.2 Å². The molecule has 2 aliphatic heterocycles. The monoisotopic (exact) mass is 465 g/mol. The minimum Gasteiger partial charge on any atom is -0.492 e. The Balaban J connectivity index is 1.06. The van der Waals surface area contributed by atoms with Crippen LogP contribution in [-0.2, 0) is 16.1 Å². The molecule has 2 saturated heterocycles. The fourth-order valence-corrected chi connectivity index (χ4v) is 4.45. The van der Waals surface area contributed by atoms with Crippen LogP contribution < -0.4 is 15.0 Å². The van der Waals surface area contributed by atoms with Gasteiger partial charge in [0.15, 0.2) is 5.65 Å². The molecule has 0 bridgehead atoms. The SMILES string of the molecule is O=C(NCc1cccc(OCCN2CCOCC2)c1)C1CCN(c2ccc3nncn3n2)CC1. The first-order valence-corrected chi connectivity index (χ1v) is 12.0. The number of carbonyl (C=O) groups excluding carboxylic acids is 1. The largest absolute Gasteiger partial charge is 0.492 e. The van der Waals surface area contributed by atoms with E-state index in [0.29, 0.717) is 13.2 Å². The molecule has 180 valence electrons. The summed E-state index contributed by atoms with van der Waals surface area (Å²) in [5.74, 6) is 1.85. The Morgan fingerprint density at radius 2 is 1.97 bits per heavy atom. The third kappa shape index (κ3) is 5.63. The topological polar surface area (TPSA) is 97.1 Å². The first kappa shape index (κ1) is 22.5. The summed E-state index contributed by atoms with van der Waals surface area (Å²) >= 11 is 0. The minimum atomic E-state index is 0.0165. The zero-order valence-corrected chi connectivity index (χ0v) is 19.3. The van der Waals surface area contributed by atoms with Crippen LogP contribution in [0.3, 0.4) is 0 Å². The molecule has 1 N–H and O–H groups in total. The zero-order chi connectivity index (χ0) is 23.2. The van der Waals surface area contributed by atoms with Gasteiger partial charge in [0.25, 0.3) is 0 Å². The lowest BCUT2D eigenvalue weighted by Crippen LogP contribution is -2.40. The molecule has 10 heteroatoms.